The predicted octanol–water partition coefficient (Wildman–Crippen LogP) is 1.22. The van der Waals surface area contributed by atoms with Gasteiger partial charge in [0, 0.05) is 11.8 Å². The Balaban J connectivity index is 2.98. The van der Waals surface area contributed by atoms with E-state index in [1.54, 1.807) is 18.3 Å². The summed E-state index contributed by atoms with van der Waals surface area (Å²) in [5, 5.41) is 7.35. The Hall–Kier alpha value is -1.64. The van der Waals surface area contributed by atoms with Gasteiger partial charge in [0.25, 0.3) is 0 Å². The van der Waals surface area contributed by atoms with Crippen LogP contribution in [0.1, 0.15) is 5.56 Å². The van der Waals surface area contributed by atoms with Gasteiger partial charge >= 0.3 is 0 Å². The summed E-state index contributed by atoms with van der Waals surface area (Å²) in [5.74, 6) is 0.464. The lowest BCUT2D eigenvalue weighted by Crippen LogP contribution is -1.96. The Morgan fingerprint density at radius 2 is 2.36 bits per heavy atom. The molecule has 3 N–H and O–H groups in total. The summed E-state index contributed by atoms with van der Waals surface area (Å²) in [5.41, 5.74) is 6.45. The summed E-state index contributed by atoms with van der Waals surface area (Å²) in [4.78, 5) is 3.84. The number of pyridine rings is 1. The molecule has 0 saturated heterocycles. The van der Waals surface area contributed by atoms with Crippen molar-refractivity contribution in [2.75, 3.05) is 5.73 Å². The van der Waals surface area contributed by atoms with Crippen LogP contribution in [0.4, 0.5) is 5.82 Å². The fourth-order valence-electron chi connectivity index (χ4n) is 0.682. The second kappa shape index (κ2) is 2.96. The van der Waals surface area contributed by atoms with E-state index in [9.17, 15) is 0 Å². The van der Waals surface area contributed by atoms with Crippen molar-refractivity contribution >= 4 is 11.5 Å². The van der Waals surface area contributed by atoms with Crippen molar-refractivity contribution in [3.63, 3.8) is 0 Å². The zero-order valence-corrected chi connectivity index (χ0v) is 6.04. The van der Waals surface area contributed by atoms with Gasteiger partial charge in [0.05, 0.1) is 5.71 Å². The Labute approximate surface area is 65.1 Å². The molecule has 0 aliphatic rings. The first-order chi connectivity index (χ1) is 5.24. The molecule has 0 fully saturated rings. The molecule has 11 heavy (non-hydrogen) atoms. The van der Waals surface area contributed by atoms with E-state index in [0.29, 0.717) is 11.5 Å². The lowest BCUT2D eigenvalue weighted by atomic mass is 10.2. The minimum atomic E-state index is 0.359. The fraction of sp³-hybridized carbons (Fsp3) is 0. The highest BCUT2D eigenvalue weighted by molar-refractivity contribution is 6.05. The van der Waals surface area contributed by atoms with E-state index < -0.39 is 0 Å². The van der Waals surface area contributed by atoms with E-state index in [1.807, 2.05) is 0 Å². The number of rotatable bonds is 2. The molecule has 0 atom stereocenters. The van der Waals surface area contributed by atoms with Crippen molar-refractivity contribution in [3.8, 4) is 0 Å². The maximum absolute atomic E-state index is 7.35. The average Bonchev–Trinajstić information content (AvgIpc) is 2.05. The molecule has 3 heteroatoms. The van der Waals surface area contributed by atoms with Crippen molar-refractivity contribution < 1.29 is 0 Å². The minimum absolute atomic E-state index is 0.359. The van der Waals surface area contributed by atoms with E-state index in [4.69, 9.17) is 11.1 Å². The summed E-state index contributed by atoms with van der Waals surface area (Å²) in [6.07, 6.45) is 3.02. The maximum Gasteiger partial charge on any atom is 0.123 e. The average molecular weight is 147 g/mol. The van der Waals surface area contributed by atoms with Crippen molar-refractivity contribution in [1.82, 2.24) is 4.98 Å². The molecule has 0 amide bonds. The van der Waals surface area contributed by atoms with Gasteiger partial charge in [-0.3, -0.25) is 0 Å². The summed E-state index contributed by atoms with van der Waals surface area (Å²) in [7, 11) is 0. The highest BCUT2D eigenvalue weighted by Crippen LogP contribution is 2.01. The molecule has 1 heterocycles. The molecular formula is C8H9N3. The smallest absolute Gasteiger partial charge is 0.123 e. The highest BCUT2D eigenvalue weighted by atomic mass is 14.8. The number of hydrogen-bond donors (Lipinski definition) is 2. The minimum Gasteiger partial charge on any atom is -0.384 e. The summed E-state index contributed by atoms with van der Waals surface area (Å²) >= 11 is 0. The number of nitrogens with one attached hydrogen (secondary N) is 1. The number of aromatic nitrogens is 1. The van der Waals surface area contributed by atoms with Crippen LogP contribution in [0.25, 0.3) is 0 Å². The standard InChI is InChI=1S/C8H9N3/c1-2-7(9)6-3-4-8(10)11-5-6/h2-5,9H,1H2,(H2,10,11). The van der Waals surface area contributed by atoms with Crippen LogP contribution in [0.3, 0.4) is 0 Å². The quantitative estimate of drug-likeness (QED) is 0.618. The molecular weight excluding hydrogens is 138 g/mol. The van der Waals surface area contributed by atoms with E-state index in [1.165, 1.54) is 6.08 Å². The first-order valence-corrected chi connectivity index (χ1v) is 3.17. The van der Waals surface area contributed by atoms with Gasteiger partial charge in [0.15, 0.2) is 0 Å². The van der Waals surface area contributed by atoms with Gasteiger partial charge in [-0.25, -0.2) is 4.98 Å². The normalized spacial score (nSPS) is 9.09. The van der Waals surface area contributed by atoms with E-state index in [0.717, 1.165) is 5.56 Å². The van der Waals surface area contributed by atoms with Gasteiger partial charge in [-0.2, -0.15) is 0 Å². The first kappa shape index (κ1) is 7.47. The molecule has 1 aromatic heterocycles. The van der Waals surface area contributed by atoms with Gasteiger partial charge in [-0.05, 0) is 18.2 Å². The maximum atomic E-state index is 7.35. The summed E-state index contributed by atoms with van der Waals surface area (Å²) in [6, 6.07) is 3.40. The number of hydrogen-bond acceptors (Lipinski definition) is 3. The Bertz CT molecular complexity index is 274. The number of allylic oxidation sites excluding steroid dienone is 1. The molecule has 1 rings (SSSR count). The van der Waals surface area contributed by atoms with Crippen LogP contribution in [0.5, 0.6) is 0 Å². The van der Waals surface area contributed by atoms with Crippen molar-refractivity contribution in [2.45, 2.75) is 0 Å². The molecule has 0 aromatic carbocycles. The fourth-order valence-corrected chi connectivity index (χ4v) is 0.682. The number of nitrogen functional groups attached to an aromatic ring is 1. The molecule has 0 aliphatic heterocycles. The van der Waals surface area contributed by atoms with Crippen LogP contribution in [-0.4, -0.2) is 10.7 Å². The molecule has 0 spiro atoms. The van der Waals surface area contributed by atoms with Crippen molar-refractivity contribution in [3.05, 3.63) is 36.5 Å². The van der Waals surface area contributed by atoms with Gasteiger partial charge in [0.1, 0.15) is 5.82 Å². The monoisotopic (exact) mass is 147 g/mol. The summed E-state index contributed by atoms with van der Waals surface area (Å²) in [6.45, 7) is 3.48. The number of anilines is 1. The third-order valence-electron chi connectivity index (χ3n) is 1.30. The van der Waals surface area contributed by atoms with E-state index in [-0.39, 0.29) is 0 Å². The highest BCUT2D eigenvalue weighted by Gasteiger charge is 1.95. The zero-order valence-electron chi connectivity index (χ0n) is 6.04. The van der Waals surface area contributed by atoms with Gasteiger partial charge in [-0.15, -0.1) is 0 Å². The lowest BCUT2D eigenvalue weighted by Gasteiger charge is -1.96. The second-order valence-electron chi connectivity index (χ2n) is 2.09. The topological polar surface area (TPSA) is 62.8 Å². The van der Waals surface area contributed by atoms with Crippen LogP contribution in [0.2, 0.25) is 0 Å². The largest absolute Gasteiger partial charge is 0.384 e. The van der Waals surface area contributed by atoms with Gasteiger partial charge in [-0.1, -0.05) is 6.58 Å². The number of nitrogens with zero attached hydrogens (tertiary/aromatic N) is 1. The molecule has 0 saturated carbocycles. The van der Waals surface area contributed by atoms with Crippen LogP contribution < -0.4 is 5.73 Å². The van der Waals surface area contributed by atoms with E-state index in [2.05, 4.69) is 11.6 Å². The van der Waals surface area contributed by atoms with Crippen molar-refractivity contribution in [1.29, 1.82) is 5.41 Å². The van der Waals surface area contributed by atoms with Crippen LogP contribution in [-0.2, 0) is 0 Å². The predicted molar refractivity (Wildman–Crippen MR) is 45.7 cm³/mol. The molecule has 1 aromatic rings. The zero-order chi connectivity index (χ0) is 8.27. The third-order valence-corrected chi connectivity index (χ3v) is 1.30. The molecule has 0 aliphatic carbocycles. The van der Waals surface area contributed by atoms with Crippen LogP contribution in [0.15, 0.2) is 31.0 Å². The second-order valence-corrected chi connectivity index (χ2v) is 2.09. The summed E-state index contributed by atoms with van der Waals surface area (Å²) < 4.78 is 0. The SMILES string of the molecule is C=CC(=N)c1ccc(N)nc1. The van der Waals surface area contributed by atoms with Gasteiger partial charge in [0.2, 0.25) is 0 Å². The van der Waals surface area contributed by atoms with Gasteiger partial charge < -0.3 is 11.1 Å². The van der Waals surface area contributed by atoms with Crippen LogP contribution >= 0.6 is 0 Å². The van der Waals surface area contributed by atoms with Crippen molar-refractivity contribution in [2.24, 2.45) is 0 Å². The molecule has 0 bridgehead atoms. The number of nitrogens with two attached hydrogens (primary N) is 1. The Morgan fingerprint density at radius 1 is 1.64 bits per heavy atom. The Morgan fingerprint density at radius 3 is 2.82 bits per heavy atom. The first-order valence-electron chi connectivity index (χ1n) is 3.17. The molecule has 0 radical (unpaired) electrons. The van der Waals surface area contributed by atoms with Crippen LogP contribution in [0, 0.1) is 5.41 Å². The van der Waals surface area contributed by atoms with E-state index >= 15 is 0 Å². The third kappa shape index (κ3) is 1.64. The molecule has 56 valence electrons. The molecule has 3 nitrogen and oxygen atoms in total. The Kier molecular flexibility index (Phi) is 2.01. The molecule has 0 unspecified atom stereocenters. The lowest BCUT2D eigenvalue weighted by molar-refractivity contribution is 1.32.